The Morgan fingerprint density at radius 2 is 2.06 bits per heavy atom. The summed E-state index contributed by atoms with van der Waals surface area (Å²) < 4.78 is 37.5. The summed E-state index contributed by atoms with van der Waals surface area (Å²) in [4.78, 5) is 12.8. The summed E-state index contributed by atoms with van der Waals surface area (Å²) in [5, 5.41) is 2.57. The number of rotatable bonds is 9. The molecule has 2 aromatic heterocycles. The van der Waals surface area contributed by atoms with Crippen molar-refractivity contribution in [1.29, 1.82) is 0 Å². The minimum Gasteiger partial charge on any atom is -0.421 e. The van der Waals surface area contributed by atoms with Gasteiger partial charge in [-0.3, -0.25) is 0 Å². The first kappa shape index (κ1) is 23.7. The van der Waals surface area contributed by atoms with Crippen LogP contribution in [0.1, 0.15) is 4.88 Å². The third-order valence-corrected chi connectivity index (χ3v) is 7.99. The van der Waals surface area contributed by atoms with Crippen LogP contribution in [0.3, 0.4) is 0 Å². The number of sulfonamides is 1. The zero-order valence-corrected chi connectivity index (χ0v) is 20.6. The number of benzene rings is 1. The van der Waals surface area contributed by atoms with E-state index in [1.165, 1.54) is 22.7 Å². The molecular weight excluding hydrogens is 480 g/mol. The van der Waals surface area contributed by atoms with Crippen molar-refractivity contribution in [3.05, 3.63) is 59.2 Å². The summed E-state index contributed by atoms with van der Waals surface area (Å²) in [5.41, 5.74) is 1.60. The molecule has 0 amide bonds. The van der Waals surface area contributed by atoms with Gasteiger partial charge in [-0.1, -0.05) is 25.3 Å². The van der Waals surface area contributed by atoms with E-state index in [1.54, 1.807) is 5.41 Å². The van der Waals surface area contributed by atoms with Crippen molar-refractivity contribution in [2.24, 2.45) is 0 Å². The minimum atomic E-state index is -3.51. The highest BCUT2D eigenvalue weighted by Crippen LogP contribution is 2.35. The maximum absolute atomic E-state index is 12.1. The van der Waals surface area contributed by atoms with Gasteiger partial charge in [-0.2, -0.15) is 4.31 Å². The normalized spacial score (nSPS) is 14.5. The van der Waals surface area contributed by atoms with Crippen LogP contribution in [-0.4, -0.2) is 56.0 Å². The Labute approximate surface area is 201 Å². The molecular formula is C22H24N4O4S3. The van der Waals surface area contributed by atoms with Crippen molar-refractivity contribution >= 4 is 49.4 Å². The molecule has 33 heavy (non-hydrogen) atoms. The second kappa shape index (κ2) is 10.2. The minimum absolute atomic E-state index is 0.232. The lowest BCUT2D eigenvalue weighted by atomic mass is 10.2. The van der Waals surface area contributed by atoms with Gasteiger partial charge in [-0.05, 0) is 18.2 Å². The number of thiophene rings is 1. The van der Waals surface area contributed by atoms with Gasteiger partial charge in [-0.15, -0.1) is 11.3 Å². The third-order valence-electron chi connectivity index (χ3n) is 5.04. The first-order valence-electron chi connectivity index (χ1n) is 10.2. The zero-order valence-electron chi connectivity index (χ0n) is 18.1. The SMILES string of the molecule is C=CSOc1cccc(-c2nc(N3CCOCC3)c3sc(CN(C)S(=O)(=O)C=C)cc3n2)c1. The van der Waals surface area contributed by atoms with Gasteiger partial charge in [0.15, 0.2) is 11.6 Å². The van der Waals surface area contributed by atoms with Crippen molar-refractivity contribution < 1.29 is 17.3 Å². The van der Waals surface area contributed by atoms with Crippen molar-refractivity contribution in [2.45, 2.75) is 6.54 Å². The molecule has 1 saturated heterocycles. The number of nitrogens with zero attached hydrogens (tertiary/aromatic N) is 4. The molecule has 0 radical (unpaired) electrons. The number of ether oxygens (including phenoxy) is 1. The number of anilines is 1. The van der Waals surface area contributed by atoms with E-state index < -0.39 is 10.0 Å². The summed E-state index contributed by atoms with van der Waals surface area (Å²) in [7, 11) is -1.97. The van der Waals surface area contributed by atoms with E-state index in [4.69, 9.17) is 18.9 Å². The van der Waals surface area contributed by atoms with Crippen LogP contribution in [0.5, 0.6) is 5.75 Å². The van der Waals surface area contributed by atoms with Crippen LogP contribution < -0.4 is 9.08 Å². The first-order valence-corrected chi connectivity index (χ1v) is 13.3. The first-order chi connectivity index (χ1) is 15.9. The Balaban J connectivity index is 1.77. The van der Waals surface area contributed by atoms with E-state index in [0.717, 1.165) is 57.0 Å². The van der Waals surface area contributed by atoms with Gasteiger partial charge >= 0.3 is 0 Å². The molecule has 0 N–H and O–H groups in total. The average Bonchev–Trinajstić information content (AvgIpc) is 3.25. The molecule has 0 unspecified atom stereocenters. The Bertz CT molecular complexity index is 1270. The number of fused-ring (bicyclic) bond motifs is 1. The Hall–Kier alpha value is -2.44. The van der Waals surface area contributed by atoms with Gasteiger partial charge in [0.1, 0.15) is 5.75 Å². The molecule has 0 bridgehead atoms. The van der Waals surface area contributed by atoms with E-state index in [1.807, 2.05) is 30.3 Å². The summed E-state index contributed by atoms with van der Waals surface area (Å²) in [5.74, 6) is 2.08. The molecule has 1 fully saturated rings. The average molecular weight is 505 g/mol. The second-order valence-electron chi connectivity index (χ2n) is 7.24. The molecule has 174 valence electrons. The highest BCUT2D eigenvalue weighted by atomic mass is 32.2. The van der Waals surface area contributed by atoms with E-state index in [9.17, 15) is 8.42 Å². The van der Waals surface area contributed by atoms with Gasteiger partial charge in [0.25, 0.3) is 0 Å². The fraction of sp³-hybridized carbons (Fsp3) is 0.273. The summed E-state index contributed by atoms with van der Waals surface area (Å²) in [6, 6.07) is 9.51. The Morgan fingerprint density at radius 1 is 1.27 bits per heavy atom. The van der Waals surface area contributed by atoms with Crippen molar-refractivity contribution in [3.8, 4) is 17.1 Å². The zero-order chi connectivity index (χ0) is 23.4. The molecule has 1 aliphatic rings. The van der Waals surface area contributed by atoms with Crippen LogP contribution >= 0.6 is 23.4 Å². The van der Waals surface area contributed by atoms with Crippen molar-refractivity contribution in [1.82, 2.24) is 14.3 Å². The Morgan fingerprint density at radius 3 is 2.79 bits per heavy atom. The highest BCUT2D eigenvalue weighted by Gasteiger charge is 2.22. The number of morpholine rings is 1. The summed E-state index contributed by atoms with van der Waals surface area (Å²) >= 11 is 2.65. The van der Waals surface area contributed by atoms with Crippen molar-refractivity contribution in [3.63, 3.8) is 0 Å². The van der Waals surface area contributed by atoms with E-state index in [2.05, 4.69) is 18.1 Å². The lowest BCUT2D eigenvalue weighted by Crippen LogP contribution is -2.36. The van der Waals surface area contributed by atoms with Crippen molar-refractivity contribution in [2.75, 3.05) is 38.3 Å². The smallest absolute Gasteiger partial charge is 0.235 e. The largest absolute Gasteiger partial charge is 0.421 e. The lowest BCUT2D eigenvalue weighted by molar-refractivity contribution is 0.122. The number of hydrogen-bond donors (Lipinski definition) is 0. The molecule has 8 nitrogen and oxygen atoms in total. The summed E-state index contributed by atoms with van der Waals surface area (Å²) in [6.45, 7) is 9.98. The topological polar surface area (TPSA) is 84.9 Å². The van der Waals surface area contributed by atoms with Gasteiger partial charge in [0, 0.05) is 47.9 Å². The molecule has 0 aliphatic carbocycles. The van der Waals surface area contributed by atoms with Crippen LogP contribution in [0.4, 0.5) is 5.82 Å². The highest BCUT2D eigenvalue weighted by molar-refractivity contribution is 7.97. The van der Waals surface area contributed by atoms with E-state index >= 15 is 0 Å². The number of hydrogen-bond acceptors (Lipinski definition) is 9. The number of aromatic nitrogens is 2. The Kier molecular flexibility index (Phi) is 7.35. The molecule has 1 aromatic carbocycles. The molecule has 0 atom stereocenters. The van der Waals surface area contributed by atoms with Crippen LogP contribution in [0.2, 0.25) is 0 Å². The van der Waals surface area contributed by atoms with Gasteiger partial charge in [0.2, 0.25) is 10.0 Å². The fourth-order valence-electron chi connectivity index (χ4n) is 3.37. The van der Waals surface area contributed by atoms with Crippen LogP contribution in [-0.2, 0) is 21.3 Å². The fourth-order valence-corrected chi connectivity index (χ4v) is 5.48. The molecule has 0 saturated carbocycles. The van der Waals surface area contributed by atoms with Gasteiger partial charge in [0.05, 0.1) is 35.5 Å². The predicted molar refractivity (Wildman–Crippen MR) is 135 cm³/mol. The summed E-state index contributed by atoms with van der Waals surface area (Å²) in [6.07, 6.45) is 0. The molecule has 1 aliphatic heterocycles. The standard InChI is InChI=1S/C22H24N4O4S3/c1-4-31-30-17-8-6-7-16(13-17)21-23-19-14-18(15-25(3)33(27,28)5-2)32-20(19)22(24-21)26-9-11-29-12-10-26/h4-8,13-14H,1-2,9-12,15H2,3H3. The lowest BCUT2D eigenvalue weighted by Gasteiger charge is -2.28. The molecule has 11 heteroatoms. The molecule has 3 heterocycles. The van der Waals surface area contributed by atoms with Crippen LogP contribution in [0.15, 0.2) is 54.3 Å². The second-order valence-corrected chi connectivity index (χ2v) is 11.1. The van der Waals surface area contributed by atoms with Crippen LogP contribution in [0, 0.1) is 0 Å². The maximum Gasteiger partial charge on any atom is 0.235 e. The van der Waals surface area contributed by atoms with E-state index in [-0.39, 0.29) is 6.54 Å². The van der Waals surface area contributed by atoms with E-state index in [0.29, 0.717) is 24.8 Å². The maximum atomic E-state index is 12.1. The molecule has 3 aromatic rings. The van der Waals surface area contributed by atoms with Gasteiger partial charge in [-0.25, -0.2) is 18.4 Å². The third kappa shape index (κ3) is 5.39. The predicted octanol–water partition coefficient (Wildman–Crippen LogP) is 4.27. The molecule has 0 spiro atoms. The van der Waals surface area contributed by atoms with Crippen LogP contribution in [0.25, 0.3) is 21.6 Å². The molecule has 4 rings (SSSR count). The van der Waals surface area contributed by atoms with Gasteiger partial charge < -0.3 is 13.8 Å². The quantitative estimate of drug-likeness (QED) is 0.400. The monoisotopic (exact) mass is 504 g/mol.